The van der Waals surface area contributed by atoms with Gasteiger partial charge in [-0.25, -0.2) is 0 Å². The van der Waals surface area contributed by atoms with Gasteiger partial charge in [-0.15, -0.1) is 0 Å². The van der Waals surface area contributed by atoms with Gasteiger partial charge in [0.05, 0.1) is 25.7 Å². The van der Waals surface area contributed by atoms with Gasteiger partial charge < -0.3 is 19.3 Å². The van der Waals surface area contributed by atoms with Crippen molar-refractivity contribution in [3.8, 4) is 0 Å². The van der Waals surface area contributed by atoms with Crippen LogP contribution in [-0.4, -0.2) is 37.5 Å². The molecule has 0 amide bonds. The van der Waals surface area contributed by atoms with Crippen LogP contribution in [0.25, 0.3) is 0 Å². The van der Waals surface area contributed by atoms with Gasteiger partial charge in [-0.2, -0.15) is 0 Å². The number of esters is 1. The summed E-state index contributed by atoms with van der Waals surface area (Å²) in [5.74, 6) is -0.604. The summed E-state index contributed by atoms with van der Waals surface area (Å²) in [6.07, 6.45) is 1.08. The van der Waals surface area contributed by atoms with Crippen molar-refractivity contribution in [3.63, 3.8) is 0 Å². The lowest BCUT2D eigenvalue weighted by molar-refractivity contribution is -0.183. The molecule has 1 atom stereocenters. The van der Waals surface area contributed by atoms with Crippen molar-refractivity contribution < 1.29 is 24.1 Å². The Morgan fingerprint density at radius 2 is 2.00 bits per heavy atom. The van der Waals surface area contributed by atoms with Crippen molar-refractivity contribution in [1.82, 2.24) is 0 Å². The van der Waals surface area contributed by atoms with Crippen LogP contribution in [-0.2, 0) is 19.0 Å². The quantitative estimate of drug-likeness (QED) is 0.643. The van der Waals surface area contributed by atoms with Gasteiger partial charge in [0.25, 0.3) is 0 Å². The largest absolute Gasteiger partial charge is 0.465 e. The molecular formula is C16H22O5. The van der Waals surface area contributed by atoms with Crippen LogP contribution in [0, 0.1) is 0 Å². The highest BCUT2D eigenvalue weighted by molar-refractivity contribution is 5.77. The van der Waals surface area contributed by atoms with Gasteiger partial charge in [0.2, 0.25) is 0 Å². The molecule has 1 saturated heterocycles. The molecule has 0 bridgehead atoms. The Balaban J connectivity index is 1.92. The molecule has 0 radical (unpaired) electrons. The van der Waals surface area contributed by atoms with Crippen LogP contribution in [0.4, 0.5) is 0 Å². The number of benzene rings is 1. The lowest BCUT2D eigenvalue weighted by Crippen LogP contribution is -2.18. The molecule has 5 nitrogen and oxygen atoms in total. The van der Waals surface area contributed by atoms with Crippen molar-refractivity contribution in [3.05, 3.63) is 35.4 Å². The summed E-state index contributed by atoms with van der Waals surface area (Å²) >= 11 is 0. The fraction of sp³-hybridized carbons (Fsp3) is 0.562. The van der Waals surface area contributed by atoms with Gasteiger partial charge in [0.15, 0.2) is 6.29 Å². The first kappa shape index (κ1) is 15.9. The number of aliphatic hydroxyl groups is 1. The first-order valence-electron chi connectivity index (χ1n) is 7.33. The first-order valence-corrected chi connectivity index (χ1v) is 7.33. The van der Waals surface area contributed by atoms with E-state index in [9.17, 15) is 4.79 Å². The van der Waals surface area contributed by atoms with Crippen LogP contribution < -0.4 is 0 Å². The van der Waals surface area contributed by atoms with E-state index in [1.807, 2.05) is 31.2 Å². The van der Waals surface area contributed by atoms with Crippen molar-refractivity contribution in [2.24, 2.45) is 0 Å². The zero-order valence-corrected chi connectivity index (χ0v) is 12.3. The van der Waals surface area contributed by atoms with Crippen molar-refractivity contribution >= 4 is 5.97 Å². The molecule has 21 heavy (non-hydrogen) atoms. The molecule has 0 unspecified atom stereocenters. The highest BCUT2D eigenvalue weighted by Crippen LogP contribution is 2.25. The van der Waals surface area contributed by atoms with E-state index in [1.165, 1.54) is 0 Å². The molecule has 116 valence electrons. The minimum Gasteiger partial charge on any atom is -0.465 e. The fourth-order valence-corrected chi connectivity index (χ4v) is 2.12. The third-order valence-corrected chi connectivity index (χ3v) is 3.44. The predicted octanol–water partition coefficient (Wildman–Crippen LogP) is 2.15. The third kappa shape index (κ3) is 4.52. The lowest BCUT2D eigenvalue weighted by Gasteiger charge is -2.23. The molecule has 1 aliphatic rings. The molecule has 1 N–H and O–H groups in total. The van der Waals surface area contributed by atoms with E-state index < -0.39 is 0 Å². The second kappa shape index (κ2) is 8.12. The number of rotatable bonds is 6. The van der Waals surface area contributed by atoms with E-state index in [0.717, 1.165) is 17.5 Å². The summed E-state index contributed by atoms with van der Waals surface area (Å²) in [5, 5.41) is 8.67. The number of carbonyl (C=O) groups excluding carboxylic acids is 1. The third-order valence-electron chi connectivity index (χ3n) is 3.44. The van der Waals surface area contributed by atoms with Crippen molar-refractivity contribution in [1.29, 1.82) is 0 Å². The topological polar surface area (TPSA) is 65.0 Å². The second-order valence-corrected chi connectivity index (χ2v) is 5.06. The van der Waals surface area contributed by atoms with Crippen LogP contribution in [0.3, 0.4) is 0 Å². The maximum absolute atomic E-state index is 11.9. The highest BCUT2D eigenvalue weighted by atomic mass is 16.7. The van der Waals surface area contributed by atoms with E-state index in [0.29, 0.717) is 19.6 Å². The van der Waals surface area contributed by atoms with E-state index in [4.69, 9.17) is 19.3 Å². The fourth-order valence-electron chi connectivity index (χ4n) is 2.12. The van der Waals surface area contributed by atoms with Gasteiger partial charge in [0.1, 0.15) is 0 Å². The molecule has 1 heterocycles. The number of hydrogen-bond acceptors (Lipinski definition) is 5. The number of hydrogen-bond donors (Lipinski definition) is 1. The van der Waals surface area contributed by atoms with Gasteiger partial charge in [-0.05, 0) is 18.9 Å². The molecular weight excluding hydrogens is 272 g/mol. The molecule has 0 spiro atoms. The molecule has 5 heteroatoms. The zero-order valence-electron chi connectivity index (χ0n) is 12.3. The normalized spacial score (nSPS) is 17.4. The number of carbonyl (C=O) groups is 1. The average Bonchev–Trinajstić information content (AvgIpc) is 2.55. The summed E-state index contributed by atoms with van der Waals surface area (Å²) < 4.78 is 16.2. The van der Waals surface area contributed by atoms with Crippen LogP contribution in [0.15, 0.2) is 24.3 Å². The van der Waals surface area contributed by atoms with E-state index in [1.54, 1.807) is 0 Å². The molecule has 1 aliphatic heterocycles. The van der Waals surface area contributed by atoms with Crippen LogP contribution in [0.1, 0.15) is 43.1 Å². The molecule has 2 rings (SSSR count). The predicted molar refractivity (Wildman–Crippen MR) is 76.8 cm³/mol. The first-order chi connectivity index (χ1) is 10.2. The number of ether oxygens (including phenoxy) is 3. The Morgan fingerprint density at radius 1 is 1.33 bits per heavy atom. The summed E-state index contributed by atoms with van der Waals surface area (Å²) in [5.41, 5.74) is 1.85. The van der Waals surface area contributed by atoms with E-state index in [2.05, 4.69) is 0 Å². The summed E-state index contributed by atoms with van der Waals surface area (Å²) in [6.45, 7) is 3.50. The van der Waals surface area contributed by atoms with Crippen molar-refractivity contribution in [2.45, 2.75) is 32.0 Å². The smallest absolute Gasteiger partial charge is 0.313 e. The number of aliphatic hydroxyl groups excluding tert-OH is 1. The van der Waals surface area contributed by atoms with Gasteiger partial charge in [0, 0.05) is 18.6 Å². The van der Waals surface area contributed by atoms with Gasteiger partial charge >= 0.3 is 5.97 Å². The minimum absolute atomic E-state index is 0.0255. The lowest BCUT2D eigenvalue weighted by atomic mass is 10.00. The Kier molecular flexibility index (Phi) is 6.17. The van der Waals surface area contributed by atoms with Gasteiger partial charge in [-0.1, -0.05) is 24.3 Å². The summed E-state index contributed by atoms with van der Waals surface area (Å²) in [4.78, 5) is 11.9. The molecule has 1 aromatic carbocycles. The maximum Gasteiger partial charge on any atom is 0.313 e. The SMILES string of the molecule is C[C@H](C(=O)OCCCO)c1ccc(C2OCCCO2)cc1. The molecule has 0 aliphatic carbocycles. The summed E-state index contributed by atoms with van der Waals surface area (Å²) in [7, 11) is 0. The second-order valence-electron chi connectivity index (χ2n) is 5.06. The monoisotopic (exact) mass is 294 g/mol. The standard InChI is InChI=1S/C16H22O5/c1-12(15(18)19-9-2-8-17)13-4-6-14(7-5-13)16-20-10-3-11-21-16/h4-7,12,16-17H,2-3,8-11H2,1H3/t12-/m0/s1. The average molecular weight is 294 g/mol. The Hall–Kier alpha value is -1.43. The molecule has 0 saturated carbocycles. The maximum atomic E-state index is 11.9. The Bertz CT molecular complexity index is 436. The Labute approximate surface area is 124 Å². The molecule has 0 aromatic heterocycles. The van der Waals surface area contributed by atoms with Crippen LogP contribution >= 0.6 is 0 Å². The summed E-state index contributed by atoms with van der Waals surface area (Å²) in [6, 6.07) is 7.63. The minimum atomic E-state index is -0.328. The van der Waals surface area contributed by atoms with Gasteiger partial charge in [-0.3, -0.25) is 4.79 Å². The van der Waals surface area contributed by atoms with E-state index >= 15 is 0 Å². The van der Waals surface area contributed by atoms with Crippen molar-refractivity contribution in [2.75, 3.05) is 26.4 Å². The molecule has 1 aromatic rings. The van der Waals surface area contributed by atoms with E-state index in [-0.39, 0.29) is 31.4 Å². The molecule has 1 fully saturated rings. The Morgan fingerprint density at radius 3 is 2.62 bits per heavy atom. The van der Waals surface area contributed by atoms with Crippen LogP contribution in [0.5, 0.6) is 0 Å². The van der Waals surface area contributed by atoms with Crippen LogP contribution in [0.2, 0.25) is 0 Å². The zero-order chi connectivity index (χ0) is 15.1. The highest BCUT2D eigenvalue weighted by Gasteiger charge is 2.19.